The number of fused-ring (bicyclic) bond motifs is 1. The topological polar surface area (TPSA) is 59.0 Å². The number of nitrogens with zero attached hydrogens (tertiary/aromatic N) is 2. The van der Waals surface area contributed by atoms with Gasteiger partial charge in [0.15, 0.2) is 5.84 Å². The lowest BCUT2D eigenvalue weighted by Crippen LogP contribution is -2.38. The Morgan fingerprint density at radius 2 is 2.11 bits per heavy atom. The van der Waals surface area contributed by atoms with E-state index in [0.29, 0.717) is 18.3 Å². The molecular weight excluding hydrogens is 360 g/mol. The van der Waals surface area contributed by atoms with Gasteiger partial charge >= 0.3 is 0 Å². The summed E-state index contributed by atoms with van der Waals surface area (Å²) in [5.74, 6) is 1.91. The highest BCUT2D eigenvalue weighted by molar-refractivity contribution is 7.90. The van der Waals surface area contributed by atoms with Crippen molar-refractivity contribution in [3.63, 3.8) is 0 Å². The summed E-state index contributed by atoms with van der Waals surface area (Å²) < 4.78 is 33.7. The summed E-state index contributed by atoms with van der Waals surface area (Å²) in [6, 6.07) is 0. The lowest BCUT2D eigenvalue weighted by Gasteiger charge is -2.29. The van der Waals surface area contributed by atoms with Gasteiger partial charge in [-0.1, -0.05) is 31.9 Å². The summed E-state index contributed by atoms with van der Waals surface area (Å²) in [4.78, 5) is 1.88. The molecule has 0 spiro atoms. The van der Waals surface area contributed by atoms with Gasteiger partial charge in [-0.25, -0.2) is 8.42 Å². The van der Waals surface area contributed by atoms with E-state index in [4.69, 9.17) is 4.74 Å². The minimum atomic E-state index is -3.39. The molecule has 0 aromatic carbocycles. The maximum atomic E-state index is 11.9. The third kappa shape index (κ3) is 5.22. The molecule has 0 bridgehead atoms. The van der Waals surface area contributed by atoms with Crippen LogP contribution < -0.4 is 0 Å². The Labute approximate surface area is 162 Å². The first-order valence-electron chi connectivity index (χ1n) is 9.61. The van der Waals surface area contributed by atoms with E-state index < -0.39 is 10.0 Å². The average Bonchev–Trinajstić information content (AvgIpc) is 2.67. The predicted molar refractivity (Wildman–Crippen MR) is 110 cm³/mol. The SMILES string of the molecule is C=C/C(=C\C=C(/C)C1=CC=CN2CCS(=O)(=O)N=C12)OCC1CCCCC1. The lowest BCUT2D eigenvalue weighted by molar-refractivity contribution is 0.150. The predicted octanol–water partition coefficient (Wildman–Crippen LogP) is 4.10. The maximum absolute atomic E-state index is 11.9. The fourth-order valence-electron chi connectivity index (χ4n) is 3.56. The molecule has 1 fully saturated rings. The van der Waals surface area contributed by atoms with Crippen molar-refractivity contribution < 1.29 is 13.2 Å². The molecule has 1 aliphatic carbocycles. The van der Waals surface area contributed by atoms with Crippen LogP contribution in [0.3, 0.4) is 0 Å². The monoisotopic (exact) mass is 388 g/mol. The fourth-order valence-corrected chi connectivity index (χ4v) is 4.55. The molecule has 0 saturated heterocycles. The Hall–Kier alpha value is -2.08. The van der Waals surface area contributed by atoms with Crippen molar-refractivity contribution >= 4 is 15.9 Å². The van der Waals surface area contributed by atoms with E-state index in [1.807, 2.05) is 42.3 Å². The highest BCUT2D eigenvalue weighted by Crippen LogP contribution is 2.25. The Bertz CT molecular complexity index is 825. The van der Waals surface area contributed by atoms with Gasteiger partial charge in [0.1, 0.15) is 5.76 Å². The van der Waals surface area contributed by atoms with E-state index in [-0.39, 0.29) is 5.75 Å². The van der Waals surface area contributed by atoms with Crippen molar-refractivity contribution in [3.05, 3.63) is 60.1 Å². The third-order valence-corrected chi connectivity index (χ3v) is 6.34. The molecule has 3 rings (SSSR count). The molecule has 5 nitrogen and oxygen atoms in total. The molecule has 0 amide bonds. The van der Waals surface area contributed by atoms with Crippen LogP contribution in [-0.4, -0.2) is 38.1 Å². The van der Waals surface area contributed by atoms with Gasteiger partial charge in [0, 0.05) is 18.3 Å². The van der Waals surface area contributed by atoms with Crippen LogP contribution in [0.15, 0.2) is 64.5 Å². The van der Waals surface area contributed by atoms with Crippen LogP contribution in [0.5, 0.6) is 0 Å². The van der Waals surface area contributed by atoms with Crippen LogP contribution in [-0.2, 0) is 14.8 Å². The van der Waals surface area contributed by atoms with Crippen molar-refractivity contribution in [2.45, 2.75) is 39.0 Å². The van der Waals surface area contributed by atoms with Crippen molar-refractivity contribution in [1.82, 2.24) is 4.90 Å². The number of amidine groups is 1. The molecular formula is C21H28N2O3S. The Balaban J connectivity index is 1.71. The molecule has 2 heterocycles. The van der Waals surface area contributed by atoms with Crippen molar-refractivity contribution in [1.29, 1.82) is 0 Å². The van der Waals surface area contributed by atoms with Gasteiger partial charge in [-0.15, -0.1) is 4.40 Å². The van der Waals surface area contributed by atoms with Gasteiger partial charge in [0.2, 0.25) is 0 Å². The van der Waals surface area contributed by atoms with Gasteiger partial charge in [0.25, 0.3) is 10.0 Å². The zero-order valence-corrected chi connectivity index (χ0v) is 16.7. The quantitative estimate of drug-likeness (QED) is 0.508. The van der Waals surface area contributed by atoms with Gasteiger partial charge < -0.3 is 9.64 Å². The lowest BCUT2D eigenvalue weighted by atomic mass is 9.90. The van der Waals surface area contributed by atoms with Crippen LogP contribution in [0.25, 0.3) is 0 Å². The normalized spacial score (nSPS) is 23.4. The zero-order valence-electron chi connectivity index (χ0n) is 15.9. The molecule has 6 heteroatoms. The molecule has 3 aliphatic rings. The summed E-state index contributed by atoms with van der Waals surface area (Å²) in [6.07, 6.45) is 17.6. The first kappa shape index (κ1) is 19.7. The fraction of sp³-hybridized carbons (Fsp3) is 0.476. The van der Waals surface area contributed by atoms with Gasteiger partial charge in [0.05, 0.1) is 12.4 Å². The average molecular weight is 389 g/mol. The largest absolute Gasteiger partial charge is 0.493 e. The maximum Gasteiger partial charge on any atom is 0.256 e. The number of hydrogen-bond acceptors (Lipinski definition) is 4. The van der Waals surface area contributed by atoms with Crippen LogP contribution in [0.1, 0.15) is 39.0 Å². The Morgan fingerprint density at radius 3 is 2.85 bits per heavy atom. The molecule has 0 aromatic rings. The van der Waals surface area contributed by atoms with Crippen molar-refractivity contribution in [3.8, 4) is 0 Å². The summed E-state index contributed by atoms with van der Waals surface area (Å²) in [6.45, 7) is 6.95. The van der Waals surface area contributed by atoms with E-state index >= 15 is 0 Å². The molecule has 1 saturated carbocycles. The van der Waals surface area contributed by atoms with Gasteiger partial charge in [-0.05, 0) is 55.6 Å². The smallest absolute Gasteiger partial charge is 0.256 e. The van der Waals surface area contributed by atoms with E-state index in [2.05, 4.69) is 11.0 Å². The van der Waals surface area contributed by atoms with Gasteiger partial charge in [-0.3, -0.25) is 0 Å². The number of allylic oxidation sites excluding steroid dienone is 5. The first-order chi connectivity index (χ1) is 13.0. The van der Waals surface area contributed by atoms with Crippen LogP contribution in [0.2, 0.25) is 0 Å². The van der Waals surface area contributed by atoms with Crippen LogP contribution >= 0.6 is 0 Å². The Morgan fingerprint density at radius 1 is 1.33 bits per heavy atom. The van der Waals surface area contributed by atoms with E-state index in [0.717, 1.165) is 23.5 Å². The molecule has 0 unspecified atom stereocenters. The molecule has 0 aromatic heterocycles. The molecule has 146 valence electrons. The highest BCUT2D eigenvalue weighted by atomic mass is 32.2. The minimum Gasteiger partial charge on any atom is -0.493 e. The molecule has 27 heavy (non-hydrogen) atoms. The highest BCUT2D eigenvalue weighted by Gasteiger charge is 2.27. The van der Waals surface area contributed by atoms with Gasteiger partial charge in [-0.2, -0.15) is 0 Å². The standard InChI is InChI=1S/C21H28N2O3S/c1-3-19(26-16-18-8-5-4-6-9-18)12-11-17(2)20-10-7-13-23-14-15-27(24,25)22-21(20)23/h3,7,10-13,18H,1,4-6,8-9,14-16H2,2H3/b17-11+,19-12+. The molecule has 0 radical (unpaired) electrons. The zero-order chi connectivity index (χ0) is 19.3. The summed E-state index contributed by atoms with van der Waals surface area (Å²) in [7, 11) is -3.39. The summed E-state index contributed by atoms with van der Waals surface area (Å²) >= 11 is 0. The second-order valence-electron chi connectivity index (χ2n) is 7.25. The number of hydrogen-bond donors (Lipinski definition) is 0. The van der Waals surface area contributed by atoms with Crippen LogP contribution in [0.4, 0.5) is 0 Å². The number of ether oxygens (including phenoxy) is 1. The summed E-state index contributed by atoms with van der Waals surface area (Å²) in [5, 5.41) is 0. The van der Waals surface area contributed by atoms with E-state index in [1.54, 1.807) is 6.08 Å². The molecule has 2 aliphatic heterocycles. The minimum absolute atomic E-state index is 0.0480. The van der Waals surface area contributed by atoms with Crippen LogP contribution in [0, 0.1) is 5.92 Å². The molecule has 0 N–H and O–H groups in total. The van der Waals surface area contributed by atoms with Crippen molar-refractivity contribution in [2.24, 2.45) is 10.3 Å². The first-order valence-corrected chi connectivity index (χ1v) is 11.2. The second-order valence-corrected chi connectivity index (χ2v) is 9.01. The number of sulfonamides is 1. The van der Waals surface area contributed by atoms with E-state index in [9.17, 15) is 8.42 Å². The number of rotatable bonds is 6. The summed E-state index contributed by atoms with van der Waals surface area (Å²) in [5.41, 5.74) is 1.74. The molecule has 0 atom stereocenters. The Kier molecular flexibility index (Phi) is 6.37. The second kappa shape index (κ2) is 8.74. The van der Waals surface area contributed by atoms with E-state index in [1.165, 1.54) is 32.1 Å². The third-order valence-electron chi connectivity index (χ3n) is 5.19. The van der Waals surface area contributed by atoms with Crippen molar-refractivity contribution in [2.75, 3.05) is 18.9 Å².